The lowest BCUT2D eigenvalue weighted by Crippen LogP contribution is -2.25. The molecular weight excluding hydrogens is 210 g/mol. The van der Waals surface area contributed by atoms with Gasteiger partial charge in [-0.2, -0.15) is 0 Å². The van der Waals surface area contributed by atoms with Gasteiger partial charge in [0.25, 0.3) is 0 Å². The third-order valence-electron chi connectivity index (χ3n) is 3.20. The first-order chi connectivity index (χ1) is 7.79. The zero-order chi connectivity index (χ0) is 12.8. The standard InChI is InChI=1S/C15H21NO/c1-9-6-10(2)13-11(7-9)8-12(17-13)14(16)15(3,4)5/h6-8,14H,16H2,1-5H3. The number of aryl methyl sites for hydroxylation is 2. The van der Waals surface area contributed by atoms with Crippen molar-refractivity contribution in [2.45, 2.75) is 40.7 Å². The third-order valence-corrected chi connectivity index (χ3v) is 3.20. The van der Waals surface area contributed by atoms with Crippen molar-refractivity contribution < 1.29 is 4.42 Å². The summed E-state index contributed by atoms with van der Waals surface area (Å²) in [6, 6.07) is 6.28. The molecule has 0 aliphatic heterocycles. The van der Waals surface area contributed by atoms with Gasteiger partial charge in [0.05, 0.1) is 6.04 Å². The van der Waals surface area contributed by atoms with Crippen LogP contribution in [0.1, 0.15) is 43.7 Å². The Balaban J connectivity index is 2.56. The zero-order valence-corrected chi connectivity index (χ0v) is 11.3. The van der Waals surface area contributed by atoms with E-state index < -0.39 is 0 Å². The molecule has 1 aromatic heterocycles. The number of hydrogen-bond donors (Lipinski definition) is 1. The van der Waals surface area contributed by atoms with E-state index in [2.05, 4.69) is 52.8 Å². The fourth-order valence-corrected chi connectivity index (χ4v) is 2.11. The lowest BCUT2D eigenvalue weighted by molar-refractivity contribution is 0.290. The van der Waals surface area contributed by atoms with Crippen LogP contribution in [0.15, 0.2) is 22.6 Å². The van der Waals surface area contributed by atoms with Crippen LogP contribution >= 0.6 is 0 Å². The van der Waals surface area contributed by atoms with Crippen LogP contribution in [0.3, 0.4) is 0 Å². The Morgan fingerprint density at radius 2 is 1.76 bits per heavy atom. The first-order valence-electron chi connectivity index (χ1n) is 6.05. The molecule has 92 valence electrons. The Labute approximate surface area is 103 Å². The molecule has 17 heavy (non-hydrogen) atoms. The average molecular weight is 231 g/mol. The maximum atomic E-state index is 6.23. The highest BCUT2D eigenvalue weighted by Gasteiger charge is 2.25. The van der Waals surface area contributed by atoms with E-state index in [-0.39, 0.29) is 11.5 Å². The van der Waals surface area contributed by atoms with E-state index in [1.807, 2.05) is 0 Å². The summed E-state index contributed by atoms with van der Waals surface area (Å²) in [5.74, 6) is 0.876. The monoisotopic (exact) mass is 231 g/mol. The predicted molar refractivity (Wildman–Crippen MR) is 72.1 cm³/mol. The van der Waals surface area contributed by atoms with Crippen LogP contribution in [0.5, 0.6) is 0 Å². The van der Waals surface area contributed by atoms with Crippen LogP contribution in [0, 0.1) is 19.3 Å². The molecule has 2 heteroatoms. The minimum Gasteiger partial charge on any atom is -0.459 e. The summed E-state index contributed by atoms with van der Waals surface area (Å²) in [6.45, 7) is 10.6. The van der Waals surface area contributed by atoms with Crippen molar-refractivity contribution in [1.82, 2.24) is 0 Å². The summed E-state index contributed by atoms with van der Waals surface area (Å²) >= 11 is 0. The van der Waals surface area contributed by atoms with E-state index in [0.29, 0.717) is 0 Å². The molecule has 0 amide bonds. The molecule has 0 bridgehead atoms. The van der Waals surface area contributed by atoms with Gasteiger partial charge in [-0.05, 0) is 37.0 Å². The topological polar surface area (TPSA) is 39.2 Å². The molecule has 0 saturated heterocycles. The second kappa shape index (κ2) is 3.88. The number of nitrogens with two attached hydrogens (primary N) is 1. The van der Waals surface area contributed by atoms with Crippen LogP contribution in [0.2, 0.25) is 0 Å². The summed E-state index contributed by atoms with van der Waals surface area (Å²) in [7, 11) is 0. The van der Waals surface area contributed by atoms with E-state index in [1.54, 1.807) is 0 Å². The zero-order valence-electron chi connectivity index (χ0n) is 11.3. The van der Waals surface area contributed by atoms with Gasteiger partial charge in [-0.15, -0.1) is 0 Å². The smallest absolute Gasteiger partial charge is 0.137 e. The number of hydrogen-bond acceptors (Lipinski definition) is 2. The largest absolute Gasteiger partial charge is 0.459 e. The Kier molecular flexibility index (Phi) is 2.78. The van der Waals surface area contributed by atoms with Crippen molar-refractivity contribution in [2.75, 3.05) is 0 Å². The van der Waals surface area contributed by atoms with Crippen molar-refractivity contribution in [2.24, 2.45) is 11.1 Å². The number of fused-ring (bicyclic) bond motifs is 1. The normalized spacial score (nSPS) is 14.2. The van der Waals surface area contributed by atoms with Crippen molar-refractivity contribution in [1.29, 1.82) is 0 Å². The molecule has 2 nitrogen and oxygen atoms in total. The lowest BCUT2D eigenvalue weighted by atomic mass is 9.86. The Morgan fingerprint density at radius 3 is 2.35 bits per heavy atom. The van der Waals surface area contributed by atoms with Gasteiger partial charge < -0.3 is 10.2 Å². The van der Waals surface area contributed by atoms with Crippen molar-refractivity contribution in [3.05, 3.63) is 35.1 Å². The molecule has 2 rings (SSSR count). The number of furan rings is 1. The van der Waals surface area contributed by atoms with E-state index in [9.17, 15) is 0 Å². The Bertz CT molecular complexity index is 546. The van der Waals surface area contributed by atoms with Crippen molar-refractivity contribution >= 4 is 11.0 Å². The lowest BCUT2D eigenvalue weighted by Gasteiger charge is -2.24. The Morgan fingerprint density at radius 1 is 1.12 bits per heavy atom. The molecule has 1 aromatic carbocycles. The molecule has 0 aliphatic carbocycles. The van der Waals surface area contributed by atoms with Crippen LogP contribution in [-0.2, 0) is 0 Å². The first kappa shape index (κ1) is 12.2. The molecule has 2 N–H and O–H groups in total. The SMILES string of the molecule is Cc1cc(C)c2oc(C(N)C(C)(C)C)cc2c1. The quantitative estimate of drug-likeness (QED) is 0.802. The van der Waals surface area contributed by atoms with Crippen LogP contribution in [0.4, 0.5) is 0 Å². The second-order valence-electron chi connectivity index (χ2n) is 5.99. The summed E-state index contributed by atoms with van der Waals surface area (Å²) in [4.78, 5) is 0. The highest BCUT2D eigenvalue weighted by Crippen LogP contribution is 2.34. The molecule has 0 spiro atoms. The molecule has 1 atom stereocenters. The van der Waals surface area contributed by atoms with Gasteiger partial charge in [0, 0.05) is 5.39 Å². The summed E-state index contributed by atoms with van der Waals surface area (Å²) in [5.41, 5.74) is 9.63. The molecule has 2 aromatic rings. The second-order valence-corrected chi connectivity index (χ2v) is 5.99. The summed E-state index contributed by atoms with van der Waals surface area (Å²) in [6.07, 6.45) is 0. The van der Waals surface area contributed by atoms with Gasteiger partial charge >= 0.3 is 0 Å². The number of rotatable bonds is 1. The molecule has 1 unspecified atom stereocenters. The van der Waals surface area contributed by atoms with Gasteiger partial charge in [0.2, 0.25) is 0 Å². The fraction of sp³-hybridized carbons (Fsp3) is 0.467. The van der Waals surface area contributed by atoms with Crippen LogP contribution in [-0.4, -0.2) is 0 Å². The minimum atomic E-state index is -0.0744. The molecule has 0 aliphatic rings. The molecule has 0 radical (unpaired) electrons. The maximum Gasteiger partial charge on any atom is 0.137 e. The molecule has 1 heterocycles. The van der Waals surface area contributed by atoms with Gasteiger partial charge in [0.15, 0.2) is 0 Å². The first-order valence-corrected chi connectivity index (χ1v) is 6.05. The molecule has 0 fully saturated rings. The van der Waals surface area contributed by atoms with Gasteiger partial charge in [0.1, 0.15) is 11.3 Å². The Hall–Kier alpha value is -1.28. The van der Waals surface area contributed by atoms with Gasteiger partial charge in [-0.1, -0.05) is 32.4 Å². The van der Waals surface area contributed by atoms with Crippen molar-refractivity contribution in [3.63, 3.8) is 0 Å². The fourth-order valence-electron chi connectivity index (χ4n) is 2.11. The van der Waals surface area contributed by atoms with Gasteiger partial charge in [-0.25, -0.2) is 0 Å². The highest BCUT2D eigenvalue weighted by molar-refractivity contribution is 5.82. The van der Waals surface area contributed by atoms with Gasteiger partial charge in [-0.3, -0.25) is 0 Å². The molecular formula is C15H21NO. The van der Waals surface area contributed by atoms with E-state index in [1.165, 1.54) is 11.1 Å². The van der Waals surface area contributed by atoms with Crippen LogP contribution < -0.4 is 5.73 Å². The van der Waals surface area contributed by atoms with E-state index >= 15 is 0 Å². The van der Waals surface area contributed by atoms with Crippen molar-refractivity contribution in [3.8, 4) is 0 Å². The minimum absolute atomic E-state index is 0.0107. The predicted octanol–water partition coefficient (Wildman–Crippen LogP) is 4.10. The summed E-state index contributed by atoms with van der Waals surface area (Å²) in [5, 5.41) is 1.15. The average Bonchev–Trinajstić information content (AvgIpc) is 2.58. The molecule has 0 saturated carbocycles. The highest BCUT2D eigenvalue weighted by atomic mass is 16.3. The van der Waals surface area contributed by atoms with E-state index in [0.717, 1.165) is 16.7 Å². The third kappa shape index (κ3) is 2.22. The number of benzene rings is 1. The maximum absolute atomic E-state index is 6.23. The van der Waals surface area contributed by atoms with E-state index in [4.69, 9.17) is 10.2 Å². The summed E-state index contributed by atoms with van der Waals surface area (Å²) < 4.78 is 5.92. The van der Waals surface area contributed by atoms with Crippen LogP contribution in [0.25, 0.3) is 11.0 Å².